The van der Waals surface area contributed by atoms with Gasteiger partial charge in [-0.3, -0.25) is 9.36 Å². The Morgan fingerprint density at radius 1 is 0.967 bits per heavy atom. The van der Waals surface area contributed by atoms with E-state index in [9.17, 15) is 14.7 Å². The molecule has 1 aromatic heterocycles. The normalized spacial score (nSPS) is 14.2. The number of carboxylic acids is 1. The molecule has 0 spiro atoms. The van der Waals surface area contributed by atoms with Crippen LogP contribution in [0.2, 0.25) is 0 Å². The van der Waals surface area contributed by atoms with Crippen LogP contribution >= 0.6 is 0 Å². The van der Waals surface area contributed by atoms with E-state index in [-0.39, 0.29) is 11.1 Å². The third kappa shape index (κ3) is 3.10. The van der Waals surface area contributed by atoms with Crippen LogP contribution in [0, 0.1) is 0 Å². The van der Waals surface area contributed by atoms with Gasteiger partial charge in [-0.15, -0.1) is 0 Å². The lowest BCUT2D eigenvalue weighted by molar-refractivity contribution is 0.0697. The zero-order valence-electron chi connectivity index (χ0n) is 16.1. The monoisotopic (exact) mass is 394 g/mol. The van der Waals surface area contributed by atoms with Crippen LogP contribution in [0.15, 0.2) is 77.6 Å². The van der Waals surface area contributed by atoms with Gasteiger partial charge in [0, 0.05) is 6.54 Å². The standard InChI is InChI=1S/C25H18N2O3/c28-24-21-11-10-20(25(29)30)15-22(21)26-23-19(12-13-27(23)24)14-16-6-8-18(9-7-16)17-4-2-1-3-5-17/h1-11,14-15H,12-13H2,(H,29,30). The lowest BCUT2D eigenvalue weighted by atomic mass is 10.0. The number of hydrogen-bond donors (Lipinski definition) is 1. The van der Waals surface area contributed by atoms with Crippen LogP contribution in [0.4, 0.5) is 0 Å². The Hall–Kier alpha value is -3.99. The average Bonchev–Trinajstić information content (AvgIpc) is 3.17. The quantitative estimate of drug-likeness (QED) is 0.546. The van der Waals surface area contributed by atoms with E-state index < -0.39 is 5.97 Å². The first-order valence-corrected chi connectivity index (χ1v) is 9.74. The molecular weight excluding hydrogens is 376 g/mol. The topological polar surface area (TPSA) is 72.2 Å². The van der Waals surface area contributed by atoms with E-state index in [1.54, 1.807) is 10.6 Å². The highest BCUT2D eigenvalue weighted by molar-refractivity contribution is 5.93. The minimum absolute atomic E-state index is 0.124. The molecule has 5 nitrogen and oxygen atoms in total. The number of allylic oxidation sites excluding steroid dienone is 1. The minimum Gasteiger partial charge on any atom is -0.478 e. The van der Waals surface area contributed by atoms with Crippen LogP contribution in [0.1, 0.15) is 28.2 Å². The van der Waals surface area contributed by atoms with Crippen molar-refractivity contribution in [2.45, 2.75) is 13.0 Å². The molecule has 146 valence electrons. The summed E-state index contributed by atoms with van der Waals surface area (Å²) in [7, 11) is 0. The van der Waals surface area contributed by atoms with Gasteiger partial charge in [0.15, 0.2) is 0 Å². The van der Waals surface area contributed by atoms with Gasteiger partial charge in [0.1, 0.15) is 5.82 Å². The molecule has 1 aliphatic rings. The summed E-state index contributed by atoms with van der Waals surface area (Å²) in [5.74, 6) is -0.421. The number of aromatic carboxylic acids is 1. The smallest absolute Gasteiger partial charge is 0.335 e. The van der Waals surface area contributed by atoms with Crippen molar-refractivity contribution >= 4 is 28.5 Å². The summed E-state index contributed by atoms with van der Waals surface area (Å²) < 4.78 is 1.67. The highest BCUT2D eigenvalue weighted by Crippen LogP contribution is 2.28. The number of carboxylic acid groups (broad SMARTS) is 1. The van der Waals surface area contributed by atoms with Crippen molar-refractivity contribution in [3.05, 3.63) is 100 Å². The fourth-order valence-electron chi connectivity index (χ4n) is 3.89. The molecule has 0 amide bonds. The lowest BCUT2D eigenvalue weighted by Crippen LogP contribution is -2.20. The first-order chi connectivity index (χ1) is 14.6. The summed E-state index contributed by atoms with van der Waals surface area (Å²) in [5.41, 5.74) is 4.73. The molecule has 0 unspecified atom stereocenters. The number of carbonyl (C=O) groups is 1. The largest absolute Gasteiger partial charge is 0.478 e. The molecule has 0 aliphatic carbocycles. The van der Waals surface area contributed by atoms with E-state index in [0.29, 0.717) is 29.7 Å². The maximum Gasteiger partial charge on any atom is 0.335 e. The Morgan fingerprint density at radius 3 is 2.43 bits per heavy atom. The average molecular weight is 394 g/mol. The molecule has 30 heavy (non-hydrogen) atoms. The molecule has 1 aliphatic heterocycles. The molecule has 0 fully saturated rings. The van der Waals surface area contributed by atoms with Crippen LogP contribution in [0.5, 0.6) is 0 Å². The van der Waals surface area contributed by atoms with Gasteiger partial charge in [-0.25, -0.2) is 9.78 Å². The van der Waals surface area contributed by atoms with E-state index in [0.717, 1.165) is 22.3 Å². The van der Waals surface area contributed by atoms with Gasteiger partial charge < -0.3 is 5.11 Å². The number of benzene rings is 3. The predicted octanol–water partition coefficient (Wildman–Crippen LogP) is 4.71. The zero-order chi connectivity index (χ0) is 20.7. The molecule has 2 heterocycles. The fraction of sp³-hybridized carbons (Fsp3) is 0.0800. The van der Waals surface area contributed by atoms with E-state index in [1.807, 2.05) is 24.3 Å². The second kappa shape index (κ2) is 7.12. The van der Waals surface area contributed by atoms with Gasteiger partial charge >= 0.3 is 5.97 Å². The summed E-state index contributed by atoms with van der Waals surface area (Å²) in [4.78, 5) is 28.8. The Morgan fingerprint density at radius 2 is 1.70 bits per heavy atom. The van der Waals surface area contributed by atoms with Crippen molar-refractivity contribution in [1.82, 2.24) is 9.55 Å². The summed E-state index contributed by atoms with van der Waals surface area (Å²) in [6.07, 6.45) is 2.76. The minimum atomic E-state index is -1.03. The zero-order valence-corrected chi connectivity index (χ0v) is 16.1. The van der Waals surface area contributed by atoms with Crippen molar-refractivity contribution in [1.29, 1.82) is 0 Å². The van der Waals surface area contributed by atoms with Crippen LogP contribution < -0.4 is 5.56 Å². The first-order valence-electron chi connectivity index (χ1n) is 9.74. The fourth-order valence-corrected chi connectivity index (χ4v) is 3.89. The number of aromatic nitrogens is 2. The highest BCUT2D eigenvalue weighted by atomic mass is 16.4. The Balaban J connectivity index is 1.55. The summed E-state index contributed by atoms with van der Waals surface area (Å²) in [6.45, 7) is 0.575. The number of nitrogens with zero attached hydrogens (tertiary/aromatic N) is 2. The van der Waals surface area contributed by atoms with E-state index in [2.05, 4.69) is 41.4 Å². The van der Waals surface area contributed by atoms with Crippen molar-refractivity contribution in [2.24, 2.45) is 0 Å². The second-order valence-electron chi connectivity index (χ2n) is 7.34. The maximum atomic E-state index is 12.8. The molecular formula is C25H18N2O3. The number of fused-ring (bicyclic) bond motifs is 2. The van der Waals surface area contributed by atoms with Crippen molar-refractivity contribution in [3.63, 3.8) is 0 Å². The summed E-state index contributed by atoms with van der Waals surface area (Å²) in [5, 5.41) is 9.68. The summed E-state index contributed by atoms with van der Waals surface area (Å²) in [6, 6.07) is 22.9. The predicted molar refractivity (Wildman–Crippen MR) is 117 cm³/mol. The van der Waals surface area contributed by atoms with Gasteiger partial charge in [0.2, 0.25) is 0 Å². The van der Waals surface area contributed by atoms with Crippen LogP contribution in [0.25, 0.3) is 33.7 Å². The SMILES string of the molecule is O=C(O)c1ccc2c(=O)n3c(nc2c1)C(=Cc1ccc(-c2ccccc2)cc1)CC3. The Labute approximate surface area is 172 Å². The third-order valence-corrected chi connectivity index (χ3v) is 5.45. The molecule has 1 N–H and O–H groups in total. The molecule has 0 saturated heterocycles. The van der Waals surface area contributed by atoms with Gasteiger partial charge in [-0.05, 0) is 53.0 Å². The van der Waals surface area contributed by atoms with Crippen LogP contribution in [-0.4, -0.2) is 20.6 Å². The maximum absolute atomic E-state index is 12.8. The second-order valence-corrected chi connectivity index (χ2v) is 7.34. The molecule has 0 atom stereocenters. The summed E-state index contributed by atoms with van der Waals surface area (Å²) >= 11 is 0. The number of hydrogen-bond acceptors (Lipinski definition) is 3. The van der Waals surface area contributed by atoms with E-state index in [1.165, 1.54) is 12.1 Å². The lowest BCUT2D eigenvalue weighted by Gasteiger charge is -2.07. The molecule has 0 radical (unpaired) electrons. The first kappa shape index (κ1) is 18.1. The molecule has 0 saturated carbocycles. The Bertz CT molecular complexity index is 1370. The van der Waals surface area contributed by atoms with Crippen LogP contribution in [0.3, 0.4) is 0 Å². The van der Waals surface area contributed by atoms with Crippen molar-refractivity contribution < 1.29 is 9.90 Å². The van der Waals surface area contributed by atoms with Crippen LogP contribution in [-0.2, 0) is 6.54 Å². The van der Waals surface area contributed by atoms with E-state index >= 15 is 0 Å². The van der Waals surface area contributed by atoms with Gasteiger partial charge in [-0.1, -0.05) is 54.6 Å². The van der Waals surface area contributed by atoms with E-state index in [4.69, 9.17) is 0 Å². The number of rotatable bonds is 3. The third-order valence-electron chi connectivity index (χ3n) is 5.45. The molecule has 5 rings (SSSR count). The van der Waals surface area contributed by atoms with Crippen molar-refractivity contribution in [2.75, 3.05) is 0 Å². The molecule has 4 aromatic rings. The van der Waals surface area contributed by atoms with Gasteiger partial charge in [0.25, 0.3) is 5.56 Å². The highest BCUT2D eigenvalue weighted by Gasteiger charge is 2.21. The van der Waals surface area contributed by atoms with Crippen molar-refractivity contribution in [3.8, 4) is 11.1 Å². The van der Waals surface area contributed by atoms with Gasteiger partial charge in [-0.2, -0.15) is 0 Å². The molecule has 3 aromatic carbocycles. The Kier molecular flexibility index (Phi) is 4.29. The molecule has 5 heteroatoms. The molecule has 0 bridgehead atoms. The van der Waals surface area contributed by atoms with Gasteiger partial charge in [0.05, 0.1) is 16.5 Å².